The van der Waals surface area contributed by atoms with Gasteiger partial charge in [-0.25, -0.2) is 9.67 Å². The fourth-order valence-electron chi connectivity index (χ4n) is 3.55. The second-order valence-electron chi connectivity index (χ2n) is 7.58. The van der Waals surface area contributed by atoms with E-state index in [1.54, 1.807) is 7.05 Å². The van der Waals surface area contributed by atoms with E-state index < -0.39 is 8.32 Å². The van der Waals surface area contributed by atoms with Crippen molar-refractivity contribution in [3.63, 3.8) is 0 Å². The van der Waals surface area contributed by atoms with Gasteiger partial charge in [0.15, 0.2) is 17.9 Å². The molecule has 0 fully saturated rings. The molecule has 0 aliphatic carbocycles. The predicted molar refractivity (Wildman–Crippen MR) is 109 cm³/mol. The average Bonchev–Trinajstić information content (AvgIpc) is 3.03. The van der Waals surface area contributed by atoms with Crippen molar-refractivity contribution >= 4 is 25.0 Å². The molecule has 0 N–H and O–H groups in total. The Bertz CT molecular complexity index is 863. The smallest absolute Gasteiger partial charge is 0.261 e. The molecule has 0 aliphatic rings. The van der Waals surface area contributed by atoms with Crippen molar-refractivity contribution in [2.45, 2.75) is 32.4 Å². The number of aromatic nitrogens is 3. The fourth-order valence-corrected chi connectivity index (χ4v) is 8.05. The Morgan fingerprint density at radius 3 is 1.93 bits per heavy atom. The second kappa shape index (κ2) is 7.58. The quantitative estimate of drug-likeness (QED) is 0.488. The summed E-state index contributed by atoms with van der Waals surface area (Å²) in [7, 11) is -0.917. The number of hydrogen-bond acceptors (Lipinski definition) is 4. The zero-order chi connectivity index (χ0) is 19.5. The van der Waals surface area contributed by atoms with E-state index in [1.807, 2.05) is 12.1 Å². The van der Waals surface area contributed by atoms with Gasteiger partial charge >= 0.3 is 0 Å². The maximum atomic E-state index is 11.1. The van der Waals surface area contributed by atoms with Gasteiger partial charge in [0, 0.05) is 7.05 Å². The summed E-state index contributed by atoms with van der Waals surface area (Å²) in [4.78, 5) is 15.4. The SMILES string of the molecule is Cn1nc(CO[Si](c2ccccc2)(c2ccccc2)C(C)(C)C)nc1C=O. The van der Waals surface area contributed by atoms with E-state index in [2.05, 4.69) is 79.4 Å². The van der Waals surface area contributed by atoms with Crippen LogP contribution in [0.15, 0.2) is 60.7 Å². The molecule has 27 heavy (non-hydrogen) atoms. The third kappa shape index (κ3) is 3.63. The molecule has 0 bridgehead atoms. The number of carbonyl (C=O) groups is 1. The molecule has 0 saturated heterocycles. The Hall–Kier alpha value is -2.57. The van der Waals surface area contributed by atoms with Gasteiger partial charge in [-0.15, -0.1) is 0 Å². The van der Waals surface area contributed by atoms with Gasteiger partial charge in [-0.2, -0.15) is 5.10 Å². The largest absolute Gasteiger partial charge is 0.400 e. The predicted octanol–water partition coefficient (Wildman–Crippen LogP) is 2.70. The molecule has 0 saturated carbocycles. The van der Waals surface area contributed by atoms with Gasteiger partial charge in [-0.05, 0) is 15.4 Å². The molecular formula is C21H25N3O2Si. The second-order valence-corrected chi connectivity index (χ2v) is 11.9. The van der Waals surface area contributed by atoms with Crippen molar-refractivity contribution in [1.29, 1.82) is 0 Å². The van der Waals surface area contributed by atoms with Crippen molar-refractivity contribution in [2.24, 2.45) is 7.05 Å². The third-order valence-corrected chi connectivity index (χ3v) is 9.76. The van der Waals surface area contributed by atoms with Crippen LogP contribution in [0.2, 0.25) is 5.04 Å². The first-order chi connectivity index (χ1) is 12.9. The van der Waals surface area contributed by atoms with Crippen molar-refractivity contribution < 1.29 is 9.22 Å². The number of hydrogen-bond donors (Lipinski definition) is 0. The van der Waals surface area contributed by atoms with E-state index in [0.29, 0.717) is 17.9 Å². The normalized spacial score (nSPS) is 12.1. The van der Waals surface area contributed by atoms with Gasteiger partial charge in [0.2, 0.25) is 0 Å². The summed E-state index contributed by atoms with van der Waals surface area (Å²) < 4.78 is 8.23. The van der Waals surface area contributed by atoms with E-state index in [0.717, 1.165) is 0 Å². The molecule has 3 rings (SSSR count). The van der Waals surface area contributed by atoms with Crippen molar-refractivity contribution in [3.8, 4) is 0 Å². The molecular weight excluding hydrogens is 354 g/mol. The van der Waals surface area contributed by atoms with Crippen LogP contribution in [-0.2, 0) is 18.1 Å². The molecule has 6 heteroatoms. The highest BCUT2D eigenvalue weighted by Crippen LogP contribution is 2.37. The average molecular weight is 380 g/mol. The Morgan fingerprint density at radius 1 is 1.00 bits per heavy atom. The minimum absolute atomic E-state index is 0.113. The molecule has 0 amide bonds. The molecule has 0 unspecified atom stereocenters. The lowest BCUT2D eigenvalue weighted by Crippen LogP contribution is -2.66. The van der Waals surface area contributed by atoms with E-state index in [4.69, 9.17) is 4.43 Å². The zero-order valence-electron chi connectivity index (χ0n) is 16.2. The van der Waals surface area contributed by atoms with Crippen molar-refractivity contribution in [1.82, 2.24) is 14.8 Å². The van der Waals surface area contributed by atoms with Crippen LogP contribution in [0.25, 0.3) is 0 Å². The number of carbonyl (C=O) groups excluding carboxylic acids is 1. The lowest BCUT2D eigenvalue weighted by molar-refractivity contribution is 0.111. The molecule has 0 aliphatic heterocycles. The lowest BCUT2D eigenvalue weighted by atomic mass is 10.2. The van der Waals surface area contributed by atoms with Crippen LogP contribution in [0.3, 0.4) is 0 Å². The summed E-state index contributed by atoms with van der Waals surface area (Å²) >= 11 is 0. The summed E-state index contributed by atoms with van der Waals surface area (Å²) in [5.41, 5.74) is 0. The number of benzene rings is 2. The highest BCUT2D eigenvalue weighted by Gasteiger charge is 2.50. The summed E-state index contributed by atoms with van der Waals surface area (Å²) in [5, 5.41) is 6.62. The van der Waals surface area contributed by atoms with Crippen LogP contribution < -0.4 is 10.4 Å². The van der Waals surface area contributed by atoms with Crippen LogP contribution in [0, 0.1) is 0 Å². The highest BCUT2D eigenvalue weighted by atomic mass is 28.4. The topological polar surface area (TPSA) is 57.0 Å². The maximum Gasteiger partial charge on any atom is 0.261 e. The fraction of sp³-hybridized carbons (Fsp3) is 0.286. The van der Waals surface area contributed by atoms with Crippen molar-refractivity contribution in [3.05, 3.63) is 72.3 Å². The summed E-state index contributed by atoms with van der Waals surface area (Å²) in [6.07, 6.45) is 0.708. The van der Waals surface area contributed by atoms with Gasteiger partial charge < -0.3 is 4.43 Å². The van der Waals surface area contributed by atoms with Gasteiger partial charge in [-0.1, -0.05) is 81.4 Å². The first kappa shape index (κ1) is 19.2. The Morgan fingerprint density at radius 2 is 1.52 bits per heavy atom. The minimum atomic E-state index is -2.63. The molecule has 0 atom stereocenters. The van der Waals surface area contributed by atoms with Crippen LogP contribution in [-0.4, -0.2) is 29.4 Å². The lowest BCUT2D eigenvalue weighted by Gasteiger charge is -2.42. The van der Waals surface area contributed by atoms with Crippen LogP contribution in [0.5, 0.6) is 0 Å². The van der Waals surface area contributed by atoms with Crippen molar-refractivity contribution in [2.75, 3.05) is 0 Å². The van der Waals surface area contributed by atoms with E-state index >= 15 is 0 Å². The monoisotopic (exact) mass is 379 g/mol. The molecule has 5 nitrogen and oxygen atoms in total. The molecule has 140 valence electrons. The van der Waals surface area contributed by atoms with Gasteiger partial charge in [0.1, 0.15) is 0 Å². The first-order valence-corrected chi connectivity index (χ1v) is 10.9. The Balaban J connectivity index is 2.10. The molecule has 0 radical (unpaired) electrons. The summed E-state index contributed by atoms with van der Waals surface area (Å²) in [6, 6.07) is 20.8. The van der Waals surface area contributed by atoms with Crippen LogP contribution in [0.1, 0.15) is 37.2 Å². The maximum absolute atomic E-state index is 11.1. The number of aldehydes is 1. The Kier molecular flexibility index (Phi) is 5.39. The van der Waals surface area contributed by atoms with E-state index in [9.17, 15) is 4.79 Å². The molecule has 1 heterocycles. The highest BCUT2D eigenvalue weighted by molar-refractivity contribution is 6.99. The summed E-state index contributed by atoms with van der Waals surface area (Å²) in [6.45, 7) is 6.93. The third-order valence-electron chi connectivity index (χ3n) is 4.78. The molecule has 0 spiro atoms. The van der Waals surface area contributed by atoms with Gasteiger partial charge in [0.05, 0.1) is 6.61 Å². The van der Waals surface area contributed by atoms with Gasteiger partial charge in [-0.3, -0.25) is 4.79 Å². The first-order valence-electron chi connectivity index (χ1n) is 8.98. The summed E-state index contributed by atoms with van der Waals surface area (Å²) in [5.74, 6) is 0.823. The number of nitrogens with zero attached hydrogens (tertiary/aromatic N) is 3. The molecule has 2 aromatic carbocycles. The number of rotatable bonds is 6. The standard InChI is InChI=1S/C21H25N3O2Si/c1-21(2,3)27(17-11-7-5-8-12-17,18-13-9-6-10-14-18)26-16-19-22-20(15-25)24(4)23-19/h5-15H,16H2,1-4H3. The van der Waals surface area contributed by atoms with E-state index in [1.165, 1.54) is 15.1 Å². The molecule has 3 aromatic rings. The van der Waals surface area contributed by atoms with Crippen LogP contribution >= 0.6 is 0 Å². The number of aryl methyl sites for hydroxylation is 1. The zero-order valence-corrected chi connectivity index (χ0v) is 17.2. The van der Waals surface area contributed by atoms with E-state index in [-0.39, 0.29) is 11.6 Å². The Labute approximate surface area is 161 Å². The minimum Gasteiger partial charge on any atom is -0.400 e. The van der Waals surface area contributed by atoms with Crippen LogP contribution in [0.4, 0.5) is 0 Å². The van der Waals surface area contributed by atoms with Gasteiger partial charge in [0.25, 0.3) is 8.32 Å². The molecule has 1 aromatic heterocycles.